The lowest BCUT2D eigenvalue weighted by Gasteiger charge is -2.31. The Bertz CT molecular complexity index is 1040. The summed E-state index contributed by atoms with van der Waals surface area (Å²) in [5.74, 6) is -0.698. The molecule has 2 rings (SSSR count). The standard InChI is InChI=1S/C24H33N3O4S/c1-6-25-24(29)20(4)26(15-14-21-10-8-7-9-11-21)23(28)17-27(32(5,30)31)22-13-12-18(2)16-19(22)3/h7-13,16,20H,6,14-15,17H2,1-5H3,(H,25,29)/t20-/m0/s1. The van der Waals surface area contributed by atoms with Crippen LogP contribution in [0.3, 0.4) is 0 Å². The second kappa shape index (κ2) is 11.1. The number of hydrogen-bond donors (Lipinski definition) is 1. The van der Waals surface area contributed by atoms with E-state index in [1.165, 1.54) is 4.90 Å². The molecule has 0 bridgehead atoms. The van der Waals surface area contributed by atoms with Crippen LogP contribution in [-0.2, 0) is 26.0 Å². The minimum Gasteiger partial charge on any atom is -0.355 e. The molecule has 174 valence electrons. The lowest BCUT2D eigenvalue weighted by Crippen LogP contribution is -2.52. The normalized spacial score (nSPS) is 12.2. The Morgan fingerprint density at radius 2 is 1.72 bits per heavy atom. The van der Waals surface area contributed by atoms with Crippen LogP contribution in [0, 0.1) is 13.8 Å². The summed E-state index contributed by atoms with van der Waals surface area (Å²) in [5, 5.41) is 2.74. The maximum atomic E-state index is 13.4. The summed E-state index contributed by atoms with van der Waals surface area (Å²) in [7, 11) is -3.72. The molecule has 0 saturated carbocycles. The highest BCUT2D eigenvalue weighted by molar-refractivity contribution is 7.92. The highest BCUT2D eigenvalue weighted by Crippen LogP contribution is 2.24. The summed E-state index contributed by atoms with van der Waals surface area (Å²) in [6, 6.07) is 14.3. The molecule has 7 nitrogen and oxygen atoms in total. The molecule has 0 aliphatic carbocycles. The van der Waals surface area contributed by atoms with Crippen LogP contribution in [0.2, 0.25) is 0 Å². The Labute approximate surface area is 191 Å². The average molecular weight is 460 g/mol. The molecule has 8 heteroatoms. The molecular formula is C24H33N3O4S. The molecule has 1 atom stereocenters. The van der Waals surface area contributed by atoms with Gasteiger partial charge in [-0.3, -0.25) is 13.9 Å². The largest absolute Gasteiger partial charge is 0.355 e. The first-order valence-corrected chi connectivity index (χ1v) is 12.6. The zero-order valence-corrected chi connectivity index (χ0v) is 20.3. The van der Waals surface area contributed by atoms with Crippen LogP contribution < -0.4 is 9.62 Å². The van der Waals surface area contributed by atoms with E-state index in [1.54, 1.807) is 13.0 Å². The van der Waals surface area contributed by atoms with Crippen molar-refractivity contribution in [1.82, 2.24) is 10.2 Å². The lowest BCUT2D eigenvalue weighted by atomic mass is 10.1. The van der Waals surface area contributed by atoms with Gasteiger partial charge in [0.1, 0.15) is 12.6 Å². The van der Waals surface area contributed by atoms with Crippen molar-refractivity contribution in [1.29, 1.82) is 0 Å². The molecular weight excluding hydrogens is 426 g/mol. The van der Waals surface area contributed by atoms with Gasteiger partial charge in [-0.15, -0.1) is 0 Å². The van der Waals surface area contributed by atoms with Crippen molar-refractivity contribution in [3.05, 3.63) is 65.2 Å². The molecule has 0 unspecified atom stereocenters. The van der Waals surface area contributed by atoms with Gasteiger partial charge in [-0.1, -0.05) is 48.0 Å². The third-order valence-corrected chi connectivity index (χ3v) is 6.43. The maximum absolute atomic E-state index is 13.4. The van der Waals surface area contributed by atoms with E-state index in [0.717, 1.165) is 27.3 Å². The topological polar surface area (TPSA) is 86.8 Å². The van der Waals surface area contributed by atoms with Gasteiger partial charge in [0, 0.05) is 13.1 Å². The minimum absolute atomic E-state index is 0.272. The van der Waals surface area contributed by atoms with Crippen molar-refractivity contribution < 1.29 is 18.0 Å². The molecule has 0 radical (unpaired) electrons. The molecule has 0 saturated heterocycles. The lowest BCUT2D eigenvalue weighted by molar-refractivity contribution is -0.138. The molecule has 0 aromatic heterocycles. The predicted molar refractivity (Wildman–Crippen MR) is 128 cm³/mol. The van der Waals surface area contributed by atoms with Crippen molar-refractivity contribution in [2.24, 2.45) is 0 Å². The number of carbonyl (C=O) groups excluding carboxylic acids is 2. The number of nitrogens with one attached hydrogen (secondary N) is 1. The van der Waals surface area contributed by atoms with Crippen LogP contribution in [0.4, 0.5) is 5.69 Å². The van der Waals surface area contributed by atoms with Crippen LogP contribution in [-0.4, -0.2) is 57.1 Å². The quantitative estimate of drug-likeness (QED) is 0.592. The SMILES string of the molecule is CCNC(=O)[C@H](C)N(CCc1ccccc1)C(=O)CN(c1ccc(C)cc1C)S(C)(=O)=O. The molecule has 2 aromatic rings. The van der Waals surface area contributed by atoms with Crippen LogP contribution in [0.15, 0.2) is 48.5 Å². The number of rotatable bonds is 10. The van der Waals surface area contributed by atoms with E-state index in [2.05, 4.69) is 5.32 Å². The monoisotopic (exact) mass is 459 g/mol. The molecule has 1 N–H and O–H groups in total. The molecule has 2 aromatic carbocycles. The molecule has 2 amide bonds. The highest BCUT2D eigenvalue weighted by atomic mass is 32.2. The van der Waals surface area contributed by atoms with Crippen molar-refractivity contribution >= 4 is 27.5 Å². The molecule has 0 heterocycles. The number of amides is 2. The van der Waals surface area contributed by atoms with E-state index in [-0.39, 0.29) is 12.5 Å². The van der Waals surface area contributed by atoms with Gasteiger partial charge in [-0.2, -0.15) is 0 Å². The van der Waals surface area contributed by atoms with Gasteiger partial charge >= 0.3 is 0 Å². The molecule has 0 spiro atoms. The summed E-state index contributed by atoms with van der Waals surface area (Å²) >= 11 is 0. The van der Waals surface area contributed by atoms with E-state index >= 15 is 0 Å². The number of anilines is 1. The third-order valence-electron chi connectivity index (χ3n) is 5.30. The number of hydrogen-bond acceptors (Lipinski definition) is 4. The van der Waals surface area contributed by atoms with Crippen molar-refractivity contribution in [2.45, 2.75) is 40.2 Å². The molecule has 0 aliphatic heterocycles. The first-order chi connectivity index (χ1) is 15.0. The number of carbonyl (C=O) groups is 2. The number of sulfonamides is 1. The summed E-state index contributed by atoms with van der Waals surface area (Å²) in [6.45, 7) is 7.58. The fourth-order valence-electron chi connectivity index (χ4n) is 3.57. The fourth-order valence-corrected chi connectivity index (χ4v) is 4.48. The van der Waals surface area contributed by atoms with Gasteiger partial charge in [-0.25, -0.2) is 8.42 Å². The first kappa shape index (κ1) is 25.4. The van der Waals surface area contributed by atoms with E-state index in [4.69, 9.17) is 0 Å². The van der Waals surface area contributed by atoms with E-state index in [1.807, 2.05) is 63.2 Å². The van der Waals surface area contributed by atoms with Crippen LogP contribution >= 0.6 is 0 Å². The summed E-state index contributed by atoms with van der Waals surface area (Å²) < 4.78 is 26.3. The molecule has 0 aliphatic rings. The number of nitrogens with zero attached hydrogens (tertiary/aromatic N) is 2. The minimum atomic E-state index is -3.72. The van der Waals surface area contributed by atoms with Gasteiger partial charge < -0.3 is 10.2 Å². The Hall–Kier alpha value is -2.87. The van der Waals surface area contributed by atoms with Crippen LogP contribution in [0.1, 0.15) is 30.5 Å². The maximum Gasteiger partial charge on any atom is 0.244 e. The van der Waals surface area contributed by atoms with Crippen LogP contribution in [0.5, 0.6) is 0 Å². The average Bonchev–Trinajstić information content (AvgIpc) is 2.72. The van der Waals surface area contributed by atoms with Crippen molar-refractivity contribution in [2.75, 3.05) is 30.2 Å². The van der Waals surface area contributed by atoms with E-state index in [0.29, 0.717) is 25.2 Å². The summed E-state index contributed by atoms with van der Waals surface area (Å²) in [5.41, 5.74) is 3.25. The Morgan fingerprint density at radius 1 is 1.06 bits per heavy atom. The number of benzene rings is 2. The molecule has 32 heavy (non-hydrogen) atoms. The number of likely N-dealkylation sites (N-methyl/N-ethyl adjacent to an activating group) is 1. The Kier molecular flexibility index (Phi) is 8.83. The Balaban J connectivity index is 2.33. The highest BCUT2D eigenvalue weighted by Gasteiger charge is 2.30. The van der Waals surface area contributed by atoms with Gasteiger partial charge in [0.25, 0.3) is 0 Å². The van der Waals surface area contributed by atoms with Gasteiger partial charge in [0.05, 0.1) is 11.9 Å². The predicted octanol–water partition coefficient (Wildman–Crippen LogP) is 2.67. The second-order valence-electron chi connectivity index (χ2n) is 7.95. The van der Waals surface area contributed by atoms with Gasteiger partial charge in [-0.05, 0) is 51.3 Å². The van der Waals surface area contributed by atoms with E-state index in [9.17, 15) is 18.0 Å². The zero-order chi connectivity index (χ0) is 23.9. The zero-order valence-electron chi connectivity index (χ0n) is 19.5. The summed E-state index contributed by atoms with van der Waals surface area (Å²) in [4.78, 5) is 27.3. The van der Waals surface area contributed by atoms with Gasteiger partial charge in [0.15, 0.2) is 0 Å². The molecule has 0 fully saturated rings. The Morgan fingerprint density at radius 3 is 2.28 bits per heavy atom. The first-order valence-electron chi connectivity index (χ1n) is 10.7. The van der Waals surface area contributed by atoms with Gasteiger partial charge in [0.2, 0.25) is 21.8 Å². The van der Waals surface area contributed by atoms with E-state index < -0.39 is 22.0 Å². The fraction of sp³-hybridized carbons (Fsp3) is 0.417. The number of aryl methyl sites for hydroxylation is 2. The third kappa shape index (κ3) is 6.82. The van der Waals surface area contributed by atoms with Crippen molar-refractivity contribution in [3.8, 4) is 0 Å². The van der Waals surface area contributed by atoms with Crippen LogP contribution in [0.25, 0.3) is 0 Å². The summed E-state index contributed by atoms with van der Waals surface area (Å²) in [6.07, 6.45) is 1.64. The van der Waals surface area contributed by atoms with Crippen molar-refractivity contribution in [3.63, 3.8) is 0 Å². The smallest absolute Gasteiger partial charge is 0.244 e. The second-order valence-corrected chi connectivity index (χ2v) is 9.86.